The molecule has 1 amide bonds. The lowest BCUT2D eigenvalue weighted by Gasteiger charge is -2.22. The predicted octanol–water partition coefficient (Wildman–Crippen LogP) is 2.33. The number of nitrogens with one attached hydrogen (secondary N) is 1. The molecule has 0 aromatic heterocycles. The molecule has 0 aliphatic carbocycles. The summed E-state index contributed by atoms with van der Waals surface area (Å²) >= 11 is 0. The molecule has 0 heterocycles. The molecule has 1 N–H and O–H groups in total. The van der Waals surface area contributed by atoms with Gasteiger partial charge in [-0.3, -0.25) is 4.79 Å². The zero-order valence-corrected chi connectivity index (χ0v) is 16.0. The van der Waals surface area contributed by atoms with Crippen LogP contribution in [0.3, 0.4) is 0 Å². The average Bonchev–Trinajstić information content (AvgIpc) is 2.61. The number of methoxy groups -OCH3 is 1. The maximum Gasteiger partial charge on any atom is 0.240 e. The number of hydrogen-bond donors (Lipinski definition) is 1. The van der Waals surface area contributed by atoms with Crippen molar-refractivity contribution in [3.8, 4) is 5.75 Å². The minimum absolute atomic E-state index is 0.130. The summed E-state index contributed by atoms with van der Waals surface area (Å²) in [5.74, 6) is 0.560. The number of rotatable bonds is 8. The Morgan fingerprint density at radius 3 is 2.42 bits per heavy atom. The standard InChI is InChI=1S/C19H24N2O4S/c1-15-8-4-7-11-19(15)26(23,24)20-12-13-21(16(2)22)14-17-9-5-6-10-18(17)25-3/h4-11,20H,12-14H2,1-3H3. The summed E-state index contributed by atoms with van der Waals surface area (Å²) in [5, 5.41) is 0. The van der Waals surface area contributed by atoms with Crippen molar-refractivity contribution in [1.82, 2.24) is 9.62 Å². The zero-order valence-electron chi connectivity index (χ0n) is 15.2. The number of ether oxygens (including phenoxy) is 1. The molecule has 0 atom stereocenters. The smallest absolute Gasteiger partial charge is 0.240 e. The van der Waals surface area contributed by atoms with E-state index in [1.165, 1.54) is 6.92 Å². The third-order valence-electron chi connectivity index (χ3n) is 4.06. The molecule has 0 saturated carbocycles. The highest BCUT2D eigenvalue weighted by atomic mass is 32.2. The van der Waals surface area contributed by atoms with Gasteiger partial charge >= 0.3 is 0 Å². The maximum atomic E-state index is 12.4. The van der Waals surface area contributed by atoms with Crippen molar-refractivity contribution < 1.29 is 17.9 Å². The van der Waals surface area contributed by atoms with Gasteiger partial charge in [0.2, 0.25) is 15.9 Å². The Morgan fingerprint density at radius 2 is 1.77 bits per heavy atom. The van der Waals surface area contributed by atoms with Crippen molar-refractivity contribution in [3.05, 3.63) is 59.7 Å². The number of carbonyl (C=O) groups excluding carboxylic acids is 1. The summed E-state index contributed by atoms with van der Waals surface area (Å²) in [7, 11) is -2.03. The van der Waals surface area contributed by atoms with E-state index in [0.717, 1.165) is 5.56 Å². The second-order valence-electron chi connectivity index (χ2n) is 5.92. The monoisotopic (exact) mass is 376 g/mol. The highest BCUT2D eigenvalue weighted by Gasteiger charge is 2.17. The van der Waals surface area contributed by atoms with Gasteiger partial charge in [-0.15, -0.1) is 0 Å². The number of benzene rings is 2. The molecular formula is C19H24N2O4S. The molecule has 2 aromatic rings. The van der Waals surface area contributed by atoms with E-state index in [2.05, 4.69) is 4.72 Å². The fourth-order valence-electron chi connectivity index (χ4n) is 2.64. The number of aryl methyl sites for hydroxylation is 1. The summed E-state index contributed by atoms with van der Waals surface area (Å²) in [5.41, 5.74) is 1.55. The van der Waals surface area contributed by atoms with E-state index >= 15 is 0 Å². The number of nitrogens with zero attached hydrogens (tertiary/aromatic N) is 1. The fourth-order valence-corrected chi connectivity index (χ4v) is 3.90. The van der Waals surface area contributed by atoms with E-state index in [4.69, 9.17) is 4.74 Å². The summed E-state index contributed by atoms with van der Waals surface area (Å²) in [6.07, 6.45) is 0. The Hall–Kier alpha value is -2.38. The van der Waals surface area contributed by atoms with Gasteiger partial charge in [-0.1, -0.05) is 36.4 Å². The lowest BCUT2D eigenvalue weighted by molar-refractivity contribution is -0.129. The van der Waals surface area contributed by atoms with Crippen molar-refractivity contribution in [2.75, 3.05) is 20.2 Å². The van der Waals surface area contributed by atoms with Crippen molar-refractivity contribution in [2.24, 2.45) is 0 Å². The molecule has 7 heteroatoms. The molecule has 140 valence electrons. The number of sulfonamides is 1. The molecule has 0 radical (unpaired) electrons. The van der Waals surface area contributed by atoms with Crippen LogP contribution < -0.4 is 9.46 Å². The van der Waals surface area contributed by atoms with Crippen LogP contribution in [0.1, 0.15) is 18.1 Å². The maximum absolute atomic E-state index is 12.4. The largest absolute Gasteiger partial charge is 0.496 e. The molecule has 26 heavy (non-hydrogen) atoms. The molecule has 6 nitrogen and oxygen atoms in total. The van der Waals surface area contributed by atoms with Gasteiger partial charge in [0.25, 0.3) is 0 Å². The van der Waals surface area contributed by atoms with Crippen LogP contribution in [-0.2, 0) is 21.4 Å². The van der Waals surface area contributed by atoms with E-state index in [1.54, 1.807) is 43.2 Å². The van der Waals surface area contributed by atoms with E-state index in [9.17, 15) is 13.2 Å². The lowest BCUT2D eigenvalue weighted by Crippen LogP contribution is -2.37. The van der Waals surface area contributed by atoms with Crippen molar-refractivity contribution in [3.63, 3.8) is 0 Å². The fraction of sp³-hybridized carbons (Fsp3) is 0.316. The summed E-state index contributed by atoms with van der Waals surface area (Å²) in [4.78, 5) is 13.8. The molecule has 0 saturated heterocycles. The molecule has 0 bridgehead atoms. The van der Waals surface area contributed by atoms with Crippen LogP contribution in [0.4, 0.5) is 0 Å². The SMILES string of the molecule is COc1ccccc1CN(CCNS(=O)(=O)c1ccccc1C)C(C)=O. The van der Waals surface area contributed by atoms with Gasteiger partial charge in [-0.25, -0.2) is 13.1 Å². The average molecular weight is 376 g/mol. The van der Waals surface area contributed by atoms with Gasteiger partial charge < -0.3 is 9.64 Å². The third-order valence-corrected chi connectivity index (χ3v) is 5.68. The topological polar surface area (TPSA) is 75.7 Å². The Kier molecular flexibility index (Phi) is 6.76. The van der Waals surface area contributed by atoms with Crippen LogP contribution in [0.2, 0.25) is 0 Å². The molecule has 0 aliphatic rings. The van der Waals surface area contributed by atoms with Gasteiger partial charge in [0.05, 0.1) is 12.0 Å². The summed E-state index contributed by atoms with van der Waals surface area (Å²) in [6.45, 7) is 3.96. The Labute approximate surface area is 154 Å². The van der Waals surface area contributed by atoms with Gasteiger partial charge in [-0.2, -0.15) is 0 Å². The second kappa shape index (κ2) is 8.82. The number of carbonyl (C=O) groups is 1. The highest BCUT2D eigenvalue weighted by Crippen LogP contribution is 2.19. The number of para-hydroxylation sites is 1. The van der Waals surface area contributed by atoms with Crippen molar-refractivity contribution in [1.29, 1.82) is 0 Å². The third kappa shape index (κ3) is 5.06. The quantitative estimate of drug-likeness (QED) is 0.767. The van der Waals surface area contributed by atoms with Crippen molar-refractivity contribution >= 4 is 15.9 Å². The first-order valence-corrected chi connectivity index (χ1v) is 9.76. The second-order valence-corrected chi connectivity index (χ2v) is 7.65. The molecule has 2 aromatic carbocycles. The number of hydrogen-bond acceptors (Lipinski definition) is 4. The van der Waals surface area contributed by atoms with Crippen molar-refractivity contribution in [2.45, 2.75) is 25.3 Å². The zero-order chi connectivity index (χ0) is 19.2. The minimum atomic E-state index is -3.61. The van der Waals surface area contributed by atoms with Gasteiger partial charge in [0, 0.05) is 32.1 Å². The van der Waals surface area contributed by atoms with Crippen LogP contribution in [0, 0.1) is 6.92 Å². The lowest BCUT2D eigenvalue weighted by atomic mass is 10.2. The van der Waals surface area contributed by atoms with Crippen LogP contribution in [0.25, 0.3) is 0 Å². The first-order valence-electron chi connectivity index (χ1n) is 8.28. The predicted molar refractivity (Wildman–Crippen MR) is 100 cm³/mol. The van der Waals surface area contributed by atoms with Gasteiger partial charge in [0.15, 0.2) is 0 Å². The minimum Gasteiger partial charge on any atom is -0.496 e. The van der Waals surface area contributed by atoms with Crippen LogP contribution in [0.5, 0.6) is 5.75 Å². The van der Waals surface area contributed by atoms with Gasteiger partial charge in [0.1, 0.15) is 5.75 Å². The Bertz CT molecular complexity index is 865. The Balaban J connectivity index is 2.03. The molecule has 0 aliphatic heterocycles. The van der Waals surface area contributed by atoms with Crippen LogP contribution in [0.15, 0.2) is 53.4 Å². The number of amides is 1. The highest BCUT2D eigenvalue weighted by molar-refractivity contribution is 7.89. The summed E-state index contributed by atoms with van der Waals surface area (Å²) < 4.78 is 32.7. The molecule has 2 rings (SSSR count). The Morgan fingerprint density at radius 1 is 1.12 bits per heavy atom. The van der Waals surface area contributed by atoms with E-state index in [-0.39, 0.29) is 23.9 Å². The molecule has 0 spiro atoms. The van der Waals surface area contributed by atoms with Gasteiger partial charge in [-0.05, 0) is 24.6 Å². The van der Waals surface area contributed by atoms with Crippen LogP contribution in [-0.4, -0.2) is 39.4 Å². The van der Waals surface area contributed by atoms with Crippen LogP contribution >= 0.6 is 0 Å². The normalized spacial score (nSPS) is 11.2. The molecule has 0 fully saturated rings. The van der Waals surface area contributed by atoms with E-state index in [1.807, 2.05) is 24.3 Å². The molecular weight excluding hydrogens is 352 g/mol. The first kappa shape index (κ1) is 19.9. The van der Waals surface area contributed by atoms with E-state index < -0.39 is 10.0 Å². The summed E-state index contributed by atoms with van der Waals surface area (Å²) in [6, 6.07) is 14.2. The van der Waals surface area contributed by atoms with E-state index in [0.29, 0.717) is 17.9 Å². The molecule has 0 unspecified atom stereocenters. The first-order chi connectivity index (χ1) is 12.3.